The predicted molar refractivity (Wildman–Crippen MR) is 33.8 cm³/mol. The van der Waals surface area contributed by atoms with Crippen molar-refractivity contribution in [2.75, 3.05) is 0 Å². The van der Waals surface area contributed by atoms with E-state index in [4.69, 9.17) is 0 Å². The molecule has 0 spiro atoms. The Balaban J connectivity index is 2.54. The first-order valence-corrected chi connectivity index (χ1v) is 3.02. The molecule has 2 heteroatoms. The standard InChI is InChI=1S/C7H7N2/c1-2-8-4-7-5-9-3-6(1)7/h1-2,4H,3,5H2. The fraction of sp³-hybridized carbons (Fsp3) is 0.286. The van der Waals surface area contributed by atoms with Gasteiger partial charge in [-0.1, -0.05) is 0 Å². The van der Waals surface area contributed by atoms with Gasteiger partial charge in [-0.25, -0.2) is 5.32 Å². The highest BCUT2D eigenvalue weighted by molar-refractivity contribution is 5.25. The van der Waals surface area contributed by atoms with Crippen LogP contribution in [0.25, 0.3) is 0 Å². The lowest BCUT2D eigenvalue weighted by Crippen LogP contribution is -1.88. The van der Waals surface area contributed by atoms with Gasteiger partial charge in [0.05, 0.1) is 0 Å². The van der Waals surface area contributed by atoms with Gasteiger partial charge >= 0.3 is 0 Å². The fourth-order valence-corrected chi connectivity index (χ4v) is 1.05. The summed E-state index contributed by atoms with van der Waals surface area (Å²) in [5.41, 5.74) is 2.63. The van der Waals surface area contributed by atoms with Crippen molar-refractivity contribution >= 4 is 0 Å². The van der Waals surface area contributed by atoms with E-state index in [-0.39, 0.29) is 0 Å². The molecule has 0 aromatic carbocycles. The molecule has 0 fully saturated rings. The third kappa shape index (κ3) is 0.715. The van der Waals surface area contributed by atoms with Gasteiger partial charge in [0.1, 0.15) is 0 Å². The van der Waals surface area contributed by atoms with E-state index in [1.165, 1.54) is 11.1 Å². The first kappa shape index (κ1) is 4.94. The Bertz CT molecular complexity index is 197. The normalized spacial score (nSPS) is 15.6. The maximum absolute atomic E-state index is 4.21. The molecule has 2 heterocycles. The second-order valence-corrected chi connectivity index (χ2v) is 2.18. The van der Waals surface area contributed by atoms with Gasteiger partial charge in [0.25, 0.3) is 0 Å². The Morgan fingerprint density at radius 3 is 3.00 bits per heavy atom. The van der Waals surface area contributed by atoms with Gasteiger partial charge in [-0.2, -0.15) is 0 Å². The highest BCUT2D eigenvalue weighted by Gasteiger charge is 2.08. The van der Waals surface area contributed by atoms with Crippen molar-refractivity contribution < 1.29 is 0 Å². The quantitative estimate of drug-likeness (QED) is 0.494. The molecule has 0 bridgehead atoms. The molecular weight excluding hydrogens is 112 g/mol. The number of rotatable bonds is 0. The molecule has 9 heavy (non-hydrogen) atoms. The maximum Gasteiger partial charge on any atom is 0.0406 e. The summed E-state index contributed by atoms with van der Waals surface area (Å²) in [7, 11) is 0. The summed E-state index contributed by atoms with van der Waals surface area (Å²) in [6.45, 7) is 1.75. The van der Waals surface area contributed by atoms with Crippen LogP contribution in [-0.2, 0) is 13.1 Å². The lowest BCUT2D eigenvalue weighted by molar-refractivity contribution is 0.745. The second kappa shape index (κ2) is 1.81. The van der Waals surface area contributed by atoms with Crippen LogP contribution in [0.3, 0.4) is 0 Å². The number of pyridine rings is 1. The Hall–Kier alpha value is -0.890. The molecule has 1 radical (unpaired) electrons. The van der Waals surface area contributed by atoms with Gasteiger partial charge in [-0.05, 0) is 17.2 Å². The highest BCUT2D eigenvalue weighted by Crippen LogP contribution is 2.12. The minimum absolute atomic E-state index is 0.864. The molecule has 0 unspecified atom stereocenters. The molecule has 0 saturated heterocycles. The predicted octanol–water partition coefficient (Wildman–Crippen LogP) is 0.700. The molecule has 0 amide bonds. The van der Waals surface area contributed by atoms with Crippen LogP contribution < -0.4 is 5.32 Å². The number of hydrogen-bond donors (Lipinski definition) is 0. The van der Waals surface area contributed by atoms with E-state index < -0.39 is 0 Å². The van der Waals surface area contributed by atoms with Crippen molar-refractivity contribution in [3.05, 3.63) is 29.6 Å². The van der Waals surface area contributed by atoms with E-state index in [2.05, 4.69) is 10.3 Å². The van der Waals surface area contributed by atoms with E-state index >= 15 is 0 Å². The van der Waals surface area contributed by atoms with E-state index in [9.17, 15) is 0 Å². The highest BCUT2D eigenvalue weighted by atomic mass is 14.9. The summed E-state index contributed by atoms with van der Waals surface area (Å²) in [6, 6.07) is 2.03. The van der Waals surface area contributed by atoms with Gasteiger partial charge in [-0.15, -0.1) is 0 Å². The van der Waals surface area contributed by atoms with Crippen LogP contribution in [0.1, 0.15) is 11.1 Å². The molecule has 0 aliphatic carbocycles. The molecule has 2 nitrogen and oxygen atoms in total. The molecule has 0 saturated carbocycles. The van der Waals surface area contributed by atoms with E-state index in [0.717, 1.165) is 13.1 Å². The Kier molecular flexibility index (Phi) is 0.993. The number of fused-ring (bicyclic) bond motifs is 1. The minimum Gasteiger partial charge on any atom is -0.264 e. The van der Waals surface area contributed by atoms with E-state index in [1.54, 1.807) is 0 Å². The third-order valence-corrected chi connectivity index (χ3v) is 1.57. The second-order valence-electron chi connectivity index (χ2n) is 2.18. The summed E-state index contributed by atoms with van der Waals surface area (Å²) in [4.78, 5) is 4.00. The monoisotopic (exact) mass is 119 g/mol. The van der Waals surface area contributed by atoms with Crippen LogP contribution in [0.5, 0.6) is 0 Å². The maximum atomic E-state index is 4.21. The van der Waals surface area contributed by atoms with Gasteiger partial charge in [0.2, 0.25) is 0 Å². The van der Waals surface area contributed by atoms with Crippen LogP contribution in [0, 0.1) is 0 Å². The minimum atomic E-state index is 0.864. The Morgan fingerprint density at radius 2 is 2.11 bits per heavy atom. The average molecular weight is 119 g/mol. The van der Waals surface area contributed by atoms with Crippen LogP contribution in [0.4, 0.5) is 0 Å². The largest absolute Gasteiger partial charge is 0.264 e. The van der Waals surface area contributed by atoms with Crippen LogP contribution in [0.15, 0.2) is 18.5 Å². The van der Waals surface area contributed by atoms with Crippen molar-refractivity contribution in [2.24, 2.45) is 0 Å². The van der Waals surface area contributed by atoms with Gasteiger partial charge in [0, 0.05) is 25.5 Å². The summed E-state index contributed by atoms with van der Waals surface area (Å²) in [6.07, 6.45) is 3.71. The van der Waals surface area contributed by atoms with Crippen molar-refractivity contribution in [2.45, 2.75) is 13.1 Å². The number of aromatic nitrogens is 1. The van der Waals surface area contributed by atoms with Gasteiger partial charge < -0.3 is 0 Å². The topological polar surface area (TPSA) is 27.0 Å². The zero-order chi connectivity index (χ0) is 6.10. The molecule has 45 valence electrons. The summed E-state index contributed by atoms with van der Waals surface area (Å²) in [5.74, 6) is 0. The Labute approximate surface area is 53.9 Å². The van der Waals surface area contributed by atoms with E-state index in [0.29, 0.717) is 0 Å². The average Bonchev–Trinajstić information content (AvgIpc) is 2.33. The molecule has 1 aliphatic rings. The molecule has 2 rings (SSSR count). The summed E-state index contributed by atoms with van der Waals surface area (Å²) >= 11 is 0. The van der Waals surface area contributed by atoms with Gasteiger partial charge in [0.15, 0.2) is 0 Å². The van der Waals surface area contributed by atoms with Crippen molar-refractivity contribution in [1.82, 2.24) is 10.3 Å². The first-order valence-electron chi connectivity index (χ1n) is 3.02. The first-order chi connectivity index (χ1) is 4.47. The lowest BCUT2D eigenvalue weighted by atomic mass is 10.2. The van der Waals surface area contributed by atoms with Crippen molar-refractivity contribution in [1.29, 1.82) is 0 Å². The summed E-state index contributed by atoms with van der Waals surface area (Å²) in [5, 5.41) is 4.21. The van der Waals surface area contributed by atoms with Crippen LogP contribution in [0.2, 0.25) is 0 Å². The molecule has 1 aliphatic heterocycles. The molecule has 0 N–H and O–H groups in total. The van der Waals surface area contributed by atoms with Crippen molar-refractivity contribution in [3.8, 4) is 0 Å². The zero-order valence-corrected chi connectivity index (χ0v) is 5.04. The summed E-state index contributed by atoms with van der Waals surface area (Å²) < 4.78 is 0. The fourth-order valence-electron chi connectivity index (χ4n) is 1.05. The van der Waals surface area contributed by atoms with E-state index in [1.807, 2.05) is 18.5 Å². The molecule has 0 atom stereocenters. The lowest BCUT2D eigenvalue weighted by Gasteiger charge is -1.90. The SMILES string of the molecule is c1cc2c(cn1)C[N]C2. The Morgan fingerprint density at radius 1 is 1.22 bits per heavy atom. The molecule has 1 aromatic heterocycles. The van der Waals surface area contributed by atoms with Crippen molar-refractivity contribution in [3.63, 3.8) is 0 Å². The number of hydrogen-bond acceptors (Lipinski definition) is 1. The smallest absolute Gasteiger partial charge is 0.0406 e. The number of nitrogens with zero attached hydrogens (tertiary/aromatic N) is 2. The third-order valence-electron chi connectivity index (χ3n) is 1.57. The molecular formula is C7H7N2. The van der Waals surface area contributed by atoms with Gasteiger partial charge in [-0.3, -0.25) is 4.98 Å². The van der Waals surface area contributed by atoms with Crippen LogP contribution in [-0.4, -0.2) is 4.98 Å². The zero-order valence-electron chi connectivity index (χ0n) is 5.04. The molecule has 1 aromatic rings. The van der Waals surface area contributed by atoms with Crippen LogP contribution >= 0.6 is 0 Å².